The van der Waals surface area contributed by atoms with E-state index in [-0.39, 0.29) is 10.8 Å². The summed E-state index contributed by atoms with van der Waals surface area (Å²) in [7, 11) is 0. The lowest BCUT2D eigenvalue weighted by molar-refractivity contribution is 0.636. The number of hydrogen-bond acceptors (Lipinski definition) is 2. The lowest BCUT2D eigenvalue weighted by Gasteiger charge is -2.01. The van der Waals surface area contributed by atoms with Crippen LogP contribution in [0.1, 0.15) is 0 Å². The van der Waals surface area contributed by atoms with E-state index in [4.69, 9.17) is 23.2 Å². The molecule has 0 unspecified atom stereocenters. The molecule has 2 aromatic rings. The Morgan fingerprint density at radius 3 is 2.64 bits per heavy atom. The first-order valence-corrected chi connectivity index (χ1v) is 5.10. The summed E-state index contributed by atoms with van der Waals surface area (Å²) in [4.78, 5) is 7.60. The number of hydrogen-bond donors (Lipinski definition) is 0. The third-order valence-electron chi connectivity index (χ3n) is 1.64. The molecule has 0 bridgehead atoms. The van der Waals surface area contributed by atoms with E-state index < -0.39 is 5.82 Å². The highest BCUT2D eigenvalue weighted by molar-refractivity contribution is 9.10. The van der Waals surface area contributed by atoms with Crippen LogP contribution in [0.3, 0.4) is 0 Å². The van der Waals surface area contributed by atoms with Crippen LogP contribution in [0.5, 0.6) is 0 Å². The molecule has 72 valence electrons. The Morgan fingerprint density at radius 2 is 1.93 bits per heavy atom. The molecule has 0 aliphatic heterocycles. The molecule has 2 rings (SSSR count). The fourth-order valence-corrected chi connectivity index (χ4v) is 2.04. The van der Waals surface area contributed by atoms with E-state index in [1.165, 1.54) is 6.07 Å². The minimum absolute atomic E-state index is 0.00871. The van der Waals surface area contributed by atoms with Crippen molar-refractivity contribution in [2.45, 2.75) is 0 Å². The van der Waals surface area contributed by atoms with E-state index in [0.29, 0.717) is 15.0 Å². The van der Waals surface area contributed by atoms with Gasteiger partial charge in [-0.1, -0.05) is 11.6 Å². The molecule has 0 saturated carbocycles. The Morgan fingerprint density at radius 1 is 1.21 bits per heavy atom. The van der Waals surface area contributed by atoms with Gasteiger partial charge in [-0.05, 0) is 39.7 Å². The zero-order valence-electron chi connectivity index (χ0n) is 6.56. The number of rotatable bonds is 0. The predicted octanol–water partition coefficient (Wildman–Crippen LogP) is 3.84. The Bertz CT molecular complexity index is 471. The summed E-state index contributed by atoms with van der Waals surface area (Å²) in [6, 6.07) is 2.75. The smallest absolute Gasteiger partial charge is 0.215 e. The summed E-state index contributed by atoms with van der Waals surface area (Å²) in [5.74, 6) is -0.516. The maximum absolute atomic E-state index is 13.4. The topological polar surface area (TPSA) is 25.8 Å². The van der Waals surface area contributed by atoms with Crippen LogP contribution < -0.4 is 0 Å². The Hall–Kier alpha value is -0.450. The quantitative estimate of drug-likeness (QED) is 0.545. The maximum Gasteiger partial charge on any atom is 0.224 e. The minimum atomic E-state index is -0.516. The zero-order valence-corrected chi connectivity index (χ0v) is 9.66. The molecule has 0 aliphatic rings. The molecule has 0 fully saturated rings. The molecular weight excluding hydrogens is 294 g/mol. The van der Waals surface area contributed by atoms with E-state index in [9.17, 15) is 4.39 Å². The molecule has 14 heavy (non-hydrogen) atoms. The maximum atomic E-state index is 13.4. The van der Waals surface area contributed by atoms with Gasteiger partial charge in [0.05, 0.1) is 0 Å². The van der Waals surface area contributed by atoms with Crippen molar-refractivity contribution >= 4 is 50.0 Å². The molecule has 0 atom stereocenters. The monoisotopic (exact) mass is 294 g/mol. The fourth-order valence-electron chi connectivity index (χ4n) is 1.10. The van der Waals surface area contributed by atoms with Crippen molar-refractivity contribution < 1.29 is 4.39 Å². The summed E-state index contributed by atoms with van der Waals surface area (Å²) in [6.45, 7) is 0. The van der Waals surface area contributed by atoms with Gasteiger partial charge in [-0.25, -0.2) is 14.4 Å². The predicted molar refractivity (Wildman–Crippen MR) is 57.2 cm³/mol. The van der Waals surface area contributed by atoms with Gasteiger partial charge in [0.15, 0.2) is 5.82 Å². The number of aromatic nitrogens is 2. The second-order valence-corrected chi connectivity index (χ2v) is 4.09. The van der Waals surface area contributed by atoms with Gasteiger partial charge < -0.3 is 0 Å². The molecule has 0 N–H and O–H groups in total. The molecular formula is C8H2BrCl2FN2. The van der Waals surface area contributed by atoms with Gasteiger partial charge >= 0.3 is 0 Å². The van der Waals surface area contributed by atoms with Gasteiger partial charge in [-0.3, -0.25) is 0 Å². The third kappa shape index (κ3) is 1.69. The summed E-state index contributed by atoms with van der Waals surface area (Å²) in [6.07, 6.45) is 0. The highest BCUT2D eigenvalue weighted by atomic mass is 79.9. The van der Waals surface area contributed by atoms with Crippen molar-refractivity contribution in [3.8, 4) is 0 Å². The Balaban J connectivity index is 2.94. The minimum Gasteiger partial charge on any atom is -0.215 e. The van der Waals surface area contributed by atoms with Gasteiger partial charge in [0.1, 0.15) is 10.1 Å². The van der Waals surface area contributed by atoms with Crippen LogP contribution in [0, 0.1) is 5.82 Å². The summed E-state index contributed by atoms with van der Waals surface area (Å²) < 4.78 is 13.8. The molecule has 1 aromatic carbocycles. The van der Waals surface area contributed by atoms with Crippen molar-refractivity contribution in [2.75, 3.05) is 0 Å². The van der Waals surface area contributed by atoms with Crippen LogP contribution in [0.4, 0.5) is 4.39 Å². The fraction of sp³-hybridized carbons (Fsp3) is 0. The van der Waals surface area contributed by atoms with E-state index in [2.05, 4.69) is 25.9 Å². The summed E-state index contributed by atoms with van der Waals surface area (Å²) in [5.41, 5.74) is 0.154. The molecule has 1 heterocycles. The first kappa shape index (κ1) is 10.1. The number of halogens is 4. The first-order valence-electron chi connectivity index (χ1n) is 3.56. The van der Waals surface area contributed by atoms with Crippen LogP contribution in [0.25, 0.3) is 10.9 Å². The zero-order chi connectivity index (χ0) is 10.3. The SMILES string of the molecule is Fc1cc(Cl)cc2c(Br)nc(Cl)nc12. The van der Waals surface area contributed by atoms with Crippen LogP contribution >= 0.6 is 39.1 Å². The average Bonchev–Trinajstić information content (AvgIpc) is 2.07. The van der Waals surface area contributed by atoms with Gasteiger partial charge in [0.25, 0.3) is 0 Å². The van der Waals surface area contributed by atoms with Crippen molar-refractivity contribution in [1.82, 2.24) is 9.97 Å². The van der Waals surface area contributed by atoms with Gasteiger partial charge in [0.2, 0.25) is 5.28 Å². The number of nitrogens with zero attached hydrogens (tertiary/aromatic N) is 2. The van der Waals surface area contributed by atoms with Crippen LogP contribution in [0.2, 0.25) is 10.3 Å². The van der Waals surface area contributed by atoms with E-state index in [1.807, 2.05) is 0 Å². The molecule has 6 heteroatoms. The summed E-state index contributed by atoms with van der Waals surface area (Å²) >= 11 is 14.4. The number of fused-ring (bicyclic) bond motifs is 1. The second-order valence-electron chi connectivity index (χ2n) is 2.57. The standard InChI is InChI=1S/C8H2BrCl2FN2/c9-7-4-1-3(10)2-5(12)6(4)13-8(11)14-7/h1-2H. The van der Waals surface area contributed by atoms with E-state index >= 15 is 0 Å². The lowest BCUT2D eigenvalue weighted by atomic mass is 10.2. The molecule has 0 saturated heterocycles. The van der Waals surface area contributed by atoms with Crippen molar-refractivity contribution in [1.29, 1.82) is 0 Å². The summed E-state index contributed by atoms with van der Waals surface area (Å²) in [5, 5.41) is 0.784. The van der Waals surface area contributed by atoms with Crippen molar-refractivity contribution in [2.24, 2.45) is 0 Å². The molecule has 0 spiro atoms. The normalized spacial score (nSPS) is 10.9. The van der Waals surface area contributed by atoms with Crippen molar-refractivity contribution in [3.63, 3.8) is 0 Å². The van der Waals surface area contributed by atoms with Gasteiger partial charge in [-0.15, -0.1) is 0 Å². The van der Waals surface area contributed by atoms with Crippen LogP contribution in [-0.2, 0) is 0 Å². The third-order valence-corrected chi connectivity index (χ3v) is 2.64. The van der Waals surface area contributed by atoms with Gasteiger partial charge in [0, 0.05) is 10.4 Å². The molecule has 2 nitrogen and oxygen atoms in total. The number of benzene rings is 1. The van der Waals surface area contributed by atoms with Gasteiger partial charge in [-0.2, -0.15) is 0 Å². The lowest BCUT2D eigenvalue weighted by Crippen LogP contribution is -1.90. The molecule has 0 radical (unpaired) electrons. The Labute approximate surface area is 97.2 Å². The largest absolute Gasteiger partial charge is 0.224 e. The van der Waals surface area contributed by atoms with E-state index in [0.717, 1.165) is 0 Å². The Kier molecular flexibility index (Phi) is 2.60. The average molecular weight is 296 g/mol. The molecule has 0 amide bonds. The highest BCUT2D eigenvalue weighted by Crippen LogP contribution is 2.27. The van der Waals surface area contributed by atoms with Crippen LogP contribution in [0.15, 0.2) is 16.7 Å². The van der Waals surface area contributed by atoms with E-state index in [1.54, 1.807) is 6.07 Å². The first-order chi connectivity index (χ1) is 6.58. The van der Waals surface area contributed by atoms with Crippen molar-refractivity contribution in [3.05, 3.63) is 32.9 Å². The molecule has 0 aliphatic carbocycles. The molecule has 1 aromatic heterocycles. The second kappa shape index (κ2) is 3.61. The highest BCUT2D eigenvalue weighted by Gasteiger charge is 2.09. The van der Waals surface area contributed by atoms with Crippen LogP contribution in [-0.4, -0.2) is 9.97 Å².